The van der Waals surface area contributed by atoms with Gasteiger partial charge >= 0.3 is 0 Å². The summed E-state index contributed by atoms with van der Waals surface area (Å²) in [7, 11) is 0. The Morgan fingerprint density at radius 3 is 2.65 bits per heavy atom. The van der Waals surface area contributed by atoms with Crippen molar-refractivity contribution in [2.24, 2.45) is 5.92 Å². The highest BCUT2D eigenvalue weighted by molar-refractivity contribution is 5.50. The highest BCUT2D eigenvalue weighted by Gasteiger charge is 2.28. The molecule has 1 aliphatic rings. The second-order valence-corrected chi connectivity index (χ2v) is 5.96. The third-order valence-corrected chi connectivity index (χ3v) is 3.69. The van der Waals surface area contributed by atoms with Gasteiger partial charge in [0.25, 0.3) is 0 Å². The Kier molecular flexibility index (Phi) is 4.58. The first kappa shape index (κ1) is 15.2. The lowest BCUT2D eigenvalue weighted by Gasteiger charge is -2.41. The summed E-state index contributed by atoms with van der Waals surface area (Å²) in [5, 5.41) is 3.40. The van der Waals surface area contributed by atoms with Gasteiger partial charge in [-0.2, -0.15) is 0 Å². The Balaban J connectivity index is 2.25. The van der Waals surface area contributed by atoms with Crippen LogP contribution in [0.1, 0.15) is 27.2 Å². The SMILES string of the molecule is CC(C)CC1CN(c2cc(F)cc(F)c2F)C(C)CN1. The summed E-state index contributed by atoms with van der Waals surface area (Å²) in [5.41, 5.74) is 0.0188. The lowest BCUT2D eigenvalue weighted by molar-refractivity contribution is 0.352. The molecule has 2 unspecified atom stereocenters. The molecule has 1 fully saturated rings. The van der Waals surface area contributed by atoms with Gasteiger partial charge in [0.15, 0.2) is 11.6 Å². The summed E-state index contributed by atoms with van der Waals surface area (Å²) in [6.45, 7) is 7.38. The van der Waals surface area contributed by atoms with Gasteiger partial charge in [0.05, 0.1) is 5.69 Å². The average molecular weight is 286 g/mol. The summed E-state index contributed by atoms with van der Waals surface area (Å²) in [6, 6.07) is 1.86. The van der Waals surface area contributed by atoms with Gasteiger partial charge < -0.3 is 10.2 Å². The molecule has 2 nitrogen and oxygen atoms in total. The van der Waals surface area contributed by atoms with E-state index in [2.05, 4.69) is 19.2 Å². The zero-order valence-electron chi connectivity index (χ0n) is 12.1. The van der Waals surface area contributed by atoms with Crippen molar-refractivity contribution in [2.75, 3.05) is 18.0 Å². The number of hydrogen-bond acceptors (Lipinski definition) is 2. The van der Waals surface area contributed by atoms with Crippen LogP contribution in [0, 0.1) is 23.4 Å². The van der Waals surface area contributed by atoms with Crippen LogP contribution in [-0.2, 0) is 0 Å². The topological polar surface area (TPSA) is 15.3 Å². The van der Waals surface area contributed by atoms with Crippen LogP contribution in [0.15, 0.2) is 12.1 Å². The maximum atomic E-state index is 13.9. The summed E-state index contributed by atoms with van der Waals surface area (Å²) in [6.07, 6.45) is 0.947. The fourth-order valence-corrected chi connectivity index (χ4v) is 2.74. The maximum absolute atomic E-state index is 13.9. The average Bonchev–Trinajstić information content (AvgIpc) is 2.35. The Hall–Kier alpha value is -1.23. The molecule has 1 aromatic carbocycles. The van der Waals surface area contributed by atoms with Gasteiger partial charge in [-0.05, 0) is 19.3 Å². The summed E-state index contributed by atoms with van der Waals surface area (Å²) >= 11 is 0. The highest BCUT2D eigenvalue weighted by atomic mass is 19.2. The van der Waals surface area contributed by atoms with E-state index in [0.717, 1.165) is 12.5 Å². The van der Waals surface area contributed by atoms with Crippen molar-refractivity contribution in [3.05, 3.63) is 29.6 Å². The van der Waals surface area contributed by atoms with Crippen molar-refractivity contribution < 1.29 is 13.2 Å². The predicted octanol–water partition coefficient (Wildman–Crippen LogP) is 3.32. The predicted molar refractivity (Wildman–Crippen MR) is 74.4 cm³/mol. The summed E-state index contributed by atoms with van der Waals surface area (Å²) in [5.74, 6) is -2.34. The zero-order chi connectivity index (χ0) is 14.9. The molecule has 2 atom stereocenters. The molecule has 0 aliphatic carbocycles. The third kappa shape index (κ3) is 3.26. The molecule has 112 valence electrons. The van der Waals surface area contributed by atoms with Crippen LogP contribution in [0.3, 0.4) is 0 Å². The van der Waals surface area contributed by atoms with Gasteiger partial charge in [-0.25, -0.2) is 13.2 Å². The molecule has 1 aliphatic heterocycles. The van der Waals surface area contributed by atoms with Crippen LogP contribution in [-0.4, -0.2) is 25.2 Å². The first-order valence-electron chi connectivity index (χ1n) is 7.03. The number of halogens is 3. The molecular formula is C15H21F3N2. The molecule has 20 heavy (non-hydrogen) atoms. The Morgan fingerprint density at radius 1 is 1.30 bits per heavy atom. The fourth-order valence-electron chi connectivity index (χ4n) is 2.74. The van der Waals surface area contributed by atoms with E-state index < -0.39 is 17.5 Å². The van der Waals surface area contributed by atoms with Gasteiger partial charge in [0, 0.05) is 37.3 Å². The molecular weight excluding hydrogens is 265 g/mol. The smallest absolute Gasteiger partial charge is 0.182 e. The van der Waals surface area contributed by atoms with Crippen LogP contribution in [0.5, 0.6) is 0 Å². The van der Waals surface area contributed by atoms with Crippen LogP contribution < -0.4 is 10.2 Å². The molecule has 5 heteroatoms. The van der Waals surface area contributed by atoms with Crippen LogP contribution in [0.2, 0.25) is 0 Å². The Labute approximate surface area is 118 Å². The van der Waals surface area contributed by atoms with Crippen molar-refractivity contribution in [3.8, 4) is 0 Å². The van der Waals surface area contributed by atoms with Gasteiger partial charge in [-0.15, -0.1) is 0 Å². The highest BCUT2D eigenvalue weighted by Crippen LogP contribution is 2.27. The zero-order valence-corrected chi connectivity index (χ0v) is 12.1. The van der Waals surface area contributed by atoms with Gasteiger partial charge in [0.1, 0.15) is 5.82 Å². The molecule has 2 rings (SSSR count). The monoisotopic (exact) mass is 286 g/mol. The maximum Gasteiger partial charge on any atom is 0.182 e. The lowest BCUT2D eigenvalue weighted by Crippen LogP contribution is -2.56. The molecule has 1 saturated heterocycles. The van der Waals surface area contributed by atoms with E-state index >= 15 is 0 Å². The minimum Gasteiger partial charge on any atom is -0.363 e. The second-order valence-electron chi connectivity index (χ2n) is 5.96. The van der Waals surface area contributed by atoms with E-state index in [-0.39, 0.29) is 17.8 Å². The number of piperazine rings is 1. The van der Waals surface area contributed by atoms with Crippen molar-refractivity contribution >= 4 is 5.69 Å². The molecule has 0 spiro atoms. The van der Waals surface area contributed by atoms with Crippen molar-refractivity contribution in [3.63, 3.8) is 0 Å². The standard InChI is InChI=1S/C15H21F3N2/c1-9(2)4-12-8-20(10(3)7-19-12)14-6-11(16)5-13(17)15(14)18/h5-6,9-10,12,19H,4,7-8H2,1-3H3. The van der Waals surface area contributed by atoms with Crippen molar-refractivity contribution in [2.45, 2.75) is 39.3 Å². The summed E-state index contributed by atoms with van der Waals surface area (Å²) < 4.78 is 40.6. The van der Waals surface area contributed by atoms with E-state index in [4.69, 9.17) is 0 Å². The minimum atomic E-state index is -1.13. The lowest BCUT2D eigenvalue weighted by atomic mass is 9.99. The number of anilines is 1. The molecule has 1 heterocycles. The Bertz CT molecular complexity index is 476. The van der Waals surface area contributed by atoms with Crippen molar-refractivity contribution in [1.82, 2.24) is 5.32 Å². The van der Waals surface area contributed by atoms with Crippen LogP contribution >= 0.6 is 0 Å². The van der Waals surface area contributed by atoms with Crippen molar-refractivity contribution in [1.29, 1.82) is 0 Å². The number of benzene rings is 1. The first-order valence-corrected chi connectivity index (χ1v) is 7.03. The molecule has 0 bridgehead atoms. The third-order valence-electron chi connectivity index (χ3n) is 3.69. The minimum absolute atomic E-state index is 0.00545. The number of nitrogens with one attached hydrogen (secondary N) is 1. The summed E-state index contributed by atoms with van der Waals surface area (Å²) in [4.78, 5) is 1.76. The van der Waals surface area contributed by atoms with Gasteiger partial charge in [0.2, 0.25) is 0 Å². The van der Waals surface area contributed by atoms with Gasteiger partial charge in [-0.1, -0.05) is 13.8 Å². The van der Waals surface area contributed by atoms with E-state index in [1.165, 1.54) is 0 Å². The second kappa shape index (κ2) is 6.04. The molecule has 0 radical (unpaired) electrons. The fraction of sp³-hybridized carbons (Fsp3) is 0.600. The molecule has 0 aromatic heterocycles. The normalized spacial score (nSPS) is 23.4. The number of nitrogens with zero attached hydrogens (tertiary/aromatic N) is 1. The number of rotatable bonds is 3. The van der Waals surface area contributed by atoms with E-state index in [0.29, 0.717) is 25.1 Å². The van der Waals surface area contributed by atoms with E-state index in [9.17, 15) is 13.2 Å². The molecule has 1 N–H and O–H groups in total. The Morgan fingerprint density at radius 2 is 2.00 bits per heavy atom. The van der Waals surface area contributed by atoms with E-state index in [1.54, 1.807) is 4.90 Å². The van der Waals surface area contributed by atoms with Crippen LogP contribution in [0.25, 0.3) is 0 Å². The number of hydrogen-bond donors (Lipinski definition) is 1. The molecule has 0 amide bonds. The van der Waals surface area contributed by atoms with E-state index in [1.807, 2.05) is 6.92 Å². The molecule has 0 saturated carbocycles. The van der Waals surface area contributed by atoms with Crippen LogP contribution in [0.4, 0.5) is 18.9 Å². The quantitative estimate of drug-likeness (QED) is 0.858. The molecule has 1 aromatic rings. The van der Waals surface area contributed by atoms with Gasteiger partial charge in [-0.3, -0.25) is 0 Å². The largest absolute Gasteiger partial charge is 0.363 e. The first-order chi connectivity index (χ1) is 9.38.